The van der Waals surface area contributed by atoms with Crippen LogP contribution in [0.15, 0.2) is 24.3 Å². The average Bonchev–Trinajstić information content (AvgIpc) is 2.44. The lowest BCUT2D eigenvalue weighted by molar-refractivity contribution is -0.144. The minimum Gasteiger partial charge on any atom is -0.466 e. The maximum Gasteiger partial charge on any atom is 0.306 e. The molecule has 0 aliphatic heterocycles. The van der Waals surface area contributed by atoms with E-state index in [1.165, 1.54) is 6.07 Å². The van der Waals surface area contributed by atoms with Gasteiger partial charge in [0.1, 0.15) is 6.04 Å². The Kier molecular flexibility index (Phi) is 6.85. The third-order valence-electron chi connectivity index (χ3n) is 3.07. The Balaban J connectivity index is 2.80. The molecular formula is C15H19ClN2O4. The lowest BCUT2D eigenvalue weighted by atomic mass is 9.97. The number of nitrogens with one attached hydrogen (secondary N) is 1. The number of nitrogens with two attached hydrogens (primary N) is 1. The number of ether oxygens (including phenoxy) is 1. The van der Waals surface area contributed by atoms with Crippen molar-refractivity contribution in [1.29, 1.82) is 0 Å². The van der Waals surface area contributed by atoms with Crippen LogP contribution in [-0.2, 0) is 14.3 Å². The van der Waals surface area contributed by atoms with Crippen LogP contribution in [0.2, 0.25) is 5.02 Å². The zero-order valence-corrected chi connectivity index (χ0v) is 13.2. The predicted molar refractivity (Wildman–Crippen MR) is 82.3 cm³/mol. The van der Waals surface area contributed by atoms with Gasteiger partial charge < -0.3 is 15.8 Å². The number of hydrogen-bond donors (Lipinski definition) is 2. The summed E-state index contributed by atoms with van der Waals surface area (Å²) in [6.45, 7) is 3.57. The molecule has 0 aliphatic rings. The van der Waals surface area contributed by atoms with Gasteiger partial charge in [0.15, 0.2) is 0 Å². The fraction of sp³-hybridized carbons (Fsp3) is 0.400. The van der Waals surface area contributed by atoms with Crippen molar-refractivity contribution in [2.45, 2.75) is 26.3 Å². The molecule has 1 rings (SSSR count). The van der Waals surface area contributed by atoms with Gasteiger partial charge in [-0.25, -0.2) is 0 Å². The maximum atomic E-state index is 12.2. The number of carbonyl (C=O) groups excluding carboxylic acids is 3. The molecule has 0 radical (unpaired) electrons. The van der Waals surface area contributed by atoms with Gasteiger partial charge in [-0.3, -0.25) is 14.4 Å². The van der Waals surface area contributed by atoms with Gasteiger partial charge in [0.25, 0.3) is 5.91 Å². The van der Waals surface area contributed by atoms with Crippen LogP contribution < -0.4 is 11.1 Å². The number of rotatable bonds is 7. The van der Waals surface area contributed by atoms with E-state index in [0.29, 0.717) is 0 Å². The second-order valence-electron chi connectivity index (χ2n) is 4.82. The first-order chi connectivity index (χ1) is 10.4. The van der Waals surface area contributed by atoms with Crippen LogP contribution in [0.1, 0.15) is 30.6 Å². The van der Waals surface area contributed by atoms with Crippen LogP contribution in [0.3, 0.4) is 0 Å². The van der Waals surface area contributed by atoms with Crippen molar-refractivity contribution in [2.75, 3.05) is 6.61 Å². The van der Waals surface area contributed by atoms with E-state index in [1.54, 1.807) is 32.0 Å². The van der Waals surface area contributed by atoms with Crippen molar-refractivity contribution in [1.82, 2.24) is 5.32 Å². The van der Waals surface area contributed by atoms with Gasteiger partial charge in [0.05, 0.1) is 23.6 Å². The summed E-state index contributed by atoms with van der Waals surface area (Å²) < 4.78 is 4.83. The topological polar surface area (TPSA) is 98.5 Å². The van der Waals surface area contributed by atoms with Crippen molar-refractivity contribution in [2.24, 2.45) is 11.7 Å². The van der Waals surface area contributed by atoms with E-state index in [1.807, 2.05) is 0 Å². The molecule has 0 fully saturated rings. The van der Waals surface area contributed by atoms with E-state index in [-0.39, 0.29) is 23.6 Å². The molecule has 6 nitrogen and oxygen atoms in total. The van der Waals surface area contributed by atoms with Crippen LogP contribution in [0.4, 0.5) is 0 Å². The molecule has 3 N–H and O–H groups in total. The highest BCUT2D eigenvalue weighted by Gasteiger charge is 2.28. The normalized spacial score (nSPS) is 13.0. The molecule has 120 valence electrons. The van der Waals surface area contributed by atoms with Gasteiger partial charge in [-0.1, -0.05) is 30.7 Å². The van der Waals surface area contributed by atoms with E-state index in [0.717, 1.165) is 0 Å². The molecule has 1 aromatic carbocycles. The molecule has 0 saturated heterocycles. The second kappa shape index (κ2) is 8.38. The number of carbonyl (C=O) groups is 3. The molecule has 1 aromatic rings. The molecule has 0 heterocycles. The van der Waals surface area contributed by atoms with Crippen molar-refractivity contribution in [3.05, 3.63) is 34.9 Å². The fourth-order valence-corrected chi connectivity index (χ4v) is 2.18. The quantitative estimate of drug-likeness (QED) is 0.742. The third-order valence-corrected chi connectivity index (χ3v) is 3.40. The summed E-state index contributed by atoms with van der Waals surface area (Å²) in [6, 6.07) is 5.45. The Morgan fingerprint density at radius 1 is 1.32 bits per heavy atom. The summed E-state index contributed by atoms with van der Waals surface area (Å²) >= 11 is 5.94. The molecule has 0 unspecified atom stereocenters. The standard InChI is InChI=1S/C15H19ClN2O4/c1-3-22-12(19)8-9(2)13(14(17)20)18-15(21)10-6-4-5-7-11(10)16/h4-7,9,13H,3,8H2,1-2H3,(H2,17,20)(H,18,21)/t9-,13+/m1/s1. The summed E-state index contributed by atoms with van der Waals surface area (Å²) in [5.41, 5.74) is 5.55. The van der Waals surface area contributed by atoms with E-state index in [2.05, 4.69) is 5.32 Å². The van der Waals surface area contributed by atoms with Crippen molar-refractivity contribution in [3.63, 3.8) is 0 Å². The van der Waals surface area contributed by atoms with Gasteiger partial charge in [0, 0.05) is 0 Å². The smallest absolute Gasteiger partial charge is 0.306 e. The predicted octanol–water partition coefficient (Wildman–Crippen LogP) is 1.51. The Labute approximate surface area is 134 Å². The largest absolute Gasteiger partial charge is 0.466 e. The summed E-state index contributed by atoms with van der Waals surface area (Å²) in [7, 11) is 0. The lowest BCUT2D eigenvalue weighted by Crippen LogP contribution is -2.49. The number of esters is 1. The van der Waals surface area contributed by atoms with E-state index in [9.17, 15) is 14.4 Å². The van der Waals surface area contributed by atoms with E-state index < -0.39 is 29.7 Å². The second-order valence-corrected chi connectivity index (χ2v) is 5.23. The monoisotopic (exact) mass is 326 g/mol. The molecule has 0 aliphatic carbocycles. The van der Waals surface area contributed by atoms with Crippen LogP contribution in [0.5, 0.6) is 0 Å². The highest BCUT2D eigenvalue weighted by molar-refractivity contribution is 6.33. The first-order valence-corrected chi connectivity index (χ1v) is 7.25. The highest BCUT2D eigenvalue weighted by Crippen LogP contribution is 2.16. The molecular weight excluding hydrogens is 308 g/mol. The Bertz CT molecular complexity index is 562. The number of benzene rings is 1. The third kappa shape index (κ3) is 5.04. The zero-order valence-electron chi connectivity index (χ0n) is 12.5. The number of amides is 2. The minimum atomic E-state index is -0.992. The maximum absolute atomic E-state index is 12.2. The molecule has 0 saturated carbocycles. The van der Waals surface area contributed by atoms with Crippen molar-refractivity contribution < 1.29 is 19.1 Å². The van der Waals surface area contributed by atoms with Gasteiger partial charge in [-0.2, -0.15) is 0 Å². The van der Waals surface area contributed by atoms with Gasteiger partial charge in [0.2, 0.25) is 5.91 Å². The van der Waals surface area contributed by atoms with E-state index >= 15 is 0 Å². The summed E-state index contributed by atoms with van der Waals surface area (Å²) in [5.74, 6) is -2.20. The highest BCUT2D eigenvalue weighted by atomic mass is 35.5. The van der Waals surface area contributed by atoms with Crippen LogP contribution in [0.25, 0.3) is 0 Å². The molecule has 0 spiro atoms. The molecule has 22 heavy (non-hydrogen) atoms. The zero-order chi connectivity index (χ0) is 16.7. The molecule has 2 amide bonds. The fourth-order valence-electron chi connectivity index (χ4n) is 1.96. The molecule has 7 heteroatoms. The van der Waals surface area contributed by atoms with Gasteiger partial charge >= 0.3 is 5.97 Å². The lowest BCUT2D eigenvalue weighted by Gasteiger charge is -2.22. The molecule has 0 aromatic heterocycles. The Hall–Kier alpha value is -2.08. The van der Waals surface area contributed by atoms with Gasteiger partial charge in [-0.05, 0) is 25.0 Å². The number of halogens is 1. The van der Waals surface area contributed by atoms with Crippen LogP contribution in [0, 0.1) is 5.92 Å². The van der Waals surface area contributed by atoms with Crippen LogP contribution >= 0.6 is 11.6 Å². The Morgan fingerprint density at radius 2 is 1.95 bits per heavy atom. The SMILES string of the molecule is CCOC(=O)C[C@@H](C)[C@H](NC(=O)c1ccccc1Cl)C(N)=O. The Morgan fingerprint density at radius 3 is 2.50 bits per heavy atom. The number of hydrogen-bond acceptors (Lipinski definition) is 4. The van der Waals surface area contributed by atoms with Crippen LogP contribution in [-0.4, -0.2) is 30.4 Å². The van der Waals surface area contributed by atoms with E-state index in [4.69, 9.17) is 22.1 Å². The minimum absolute atomic E-state index is 0.0236. The average molecular weight is 327 g/mol. The summed E-state index contributed by atoms with van der Waals surface area (Å²) in [5, 5.41) is 2.78. The first-order valence-electron chi connectivity index (χ1n) is 6.87. The van der Waals surface area contributed by atoms with Gasteiger partial charge in [-0.15, -0.1) is 0 Å². The number of primary amides is 1. The molecule has 2 atom stereocenters. The van der Waals surface area contributed by atoms with Crippen molar-refractivity contribution in [3.8, 4) is 0 Å². The molecule has 0 bridgehead atoms. The first kappa shape index (κ1) is 18.0. The van der Waals surface area contributed by atoms with Crippen molar-refractivity contribution >= 4 is 29.4 Å². The summed E-state index contributed by atoms with van der Waals surface area (Å²) in [4.78, 5) is 35.2. The summed E-state index contributed by atoms with van der Waals surface area (Å²) in [6.07, 6.45) is -0.0236.